The fourth-order valence-electron chi connectivity index (χ4n) is 2.82. The van der Waals surface area contributed by atoms with Gasteiger partial charge in [-0.1, -0.05) is 23.7 Å². The highest BCUT2D eigenvalue weighted by atomic mass is 35.5. The van der Waals surface area contributed by atoms with Crippen molar-refractivity contribution in [2.75, 3.05) is 6.54 Å². The average Bonchev–Trinajstić information content (AvgIpc) is 2.79. The fourth-order valence-corrected chi connectivity index (χ4v) is 2.94. The molecule has 0 spiro atoms. The van der Waals surface area contributed by atoms with Gasteiger partial charge in [-0.25, -0.2) is 4.98 Å². The van der Waals surface area contributed by atoms with Crippen LogP contribution in [0.15, 0.2) is 36.7 Å². The molecule has 1 heterocycles. The first-order valence-electron chi connectivity index (χ1n) is 7.17. The number of hydrogen-bond donors (Lipinski definition) is 1. The number of halogens is 1. The van der Waals surface area contributed by atoms with Gasteiger partial charge in [-0.3, -0.25) is 0 Å². The highest BCUT2D eigenvalue weighted by Crippen LogP contribution is 2.37. The maximum atomic E-state index is 5.92. The Balaban J connectivity index is 1.40. The van der Waals surface area contributed by atoms with Gasteiger partial charge in [0.15, 0.2) is 0 Å². The van der Waals surface area contributed by atoms with Crippen molar-refractivity contribution in [1.29, 1.82) is 0 Å². The molecule has 0 radical (unpaired) electrons. The second-order valence-electron chi connectivity index (χ2n) is 5.58. The molecule has 1 N–H and O–H groups in total. The summed E-state index contributed by atoms with van der Waals surface area (Å²) in [5.74, 6) is 1.84. The molecule has 1 aromatic carbocycles. The van der Waals surface area contributed by atoms with E-state index in [1.54, 1.807) is 0 Å². The molecule has 1 saturated carbocycles. The van der Waals surface area contributed by atoms with Gasteiger partial charge < -0.3 is 9.88 Å². The molecule has 1 aliphatic carbocycles. The van der Waals surface area contributed by atoms with E-state index in [0.29, 0.717) is 12.0 Å². The van der Waals surface area contributed by atoms with Crippen molar-refractivity contribution in [3.63, 3.8) is 0 Å². The zero-order valence-electron chi connectivity index (χ0n) is 11.7. The van der Waals surface area contributed by atoms with E-state index in [1.807, 2.05) is 31.6 Å². The largest absolute Gasteiger partial charge is 0.338 e. The number of nitrogens with zero attached hydrogens (tertiary/aromatic N) is 2. The highest BCUT2D eigenvalue weighted by molar-refractivity contribution is 6.30. The average molecular weight is 290 g/mol. The summed E-state index contributed by atoms with van der Waals surface area (Å²) in [6.07, 6.45) is 7.29. The van der Waals surface area contributed by atoms with E-state index in [-0.39, 0.29) is 0 Å². The third-order valence-electron chi connectivity index (χ3n) is 4.18. The molecule has 20 heavy (non-hydrogen) atoms. The normalized spacial score (nSPS) is 21.7. The summed E-state index contributed by atoms with van der Waals surface area (Å²) in [5.41, 5.74) is 1.41. The Hall–Kier alpha value is -1.32. The van der Waals surface area contributed by atoms with Gasteiger partial charge in [0.05, 0.1) is 0 Å². The molecule has 0 amide bonds. The third-order valence-corrected chi connectivity index (χ3v) is 4.43. The van der Waals surface area contributed by atoms with Crippen molar-refractivity contribution >= 4 is 11.6 Å². The Kier molecular flexibility index (Phi) is 4.08. The van der Waals surface area contributed by atoms with Crippen LogP contribution in [-0.4, -0.2) is 22.1 Å². The Labute approximate surface area is 125 Å². The van der Waals surface area contributed by atoms with Crippen LogP contribution in [0.1, 0.15) is 30.1 Å². The molecule has 4 heteroatoms. The lowest BCUT2D eigenvalue weighted by molar-refractivity contribution is 0.292. The number of rotatable bonds is 5. The van der Waals surface area contributed by atoms with Crippen LogP contribution in [0.3, 0.4) is 0 Å². The van der Waals surface area contributed by atoms with Crippen molar-refractivity contribution in [2.24, 2.45) is 7.05 Å². The Morgan fingerprint density at radius 2 is 2.05 bits per heavy atom. The van der Waals surface area contributed by atoms with Crippen LogP contribution in [0.25, 0.3) is 0 Å². The van der Waals surface area contributed by atoms with E-state index >= 15 is 0 Å². The van der Waals surface area contributed by atoms with E-state index in [1.165, 1.54) is 18.4 Å². The number of aromatic nitrogens is 2. The van der Waals surface area contributed by atoms with Crippen LogP contribution in [0.2, 0.25) is 5.02 Å². The maximum Gasteiger partial charge on any atom is 0.109 e. The summed E-state index contributed by atoms with van der Waals surface area (Å²) in [6.45, 7) is 1.00. The van der Waals surface area contributed by atoms with Crippen molar-refractivity contribution in [3.8, 4) is 0 Å². The molecule has 1 aromatic heterocycles. The zero-order valence-corrected chi connectivity index (χ0v) is 12.5. The van der Waals surface area contributed by atoms with Crippen LogP contribution in [0, 0.1) is 0 Å². The lowest BCUT2D eigenvalue weighted by atomic mass is 9.76. The minimum atomic E-state index is 0.649. The molecule has 0 saturated heterocycles. The van der Waals surface area contributed by atoms with Crippen LogP contribution >= 0.6 is 11.6 Å². The lowest BCUT2D eigenvalue weighted by Crippen LogP contribution is -2.41. The van der Waals surface area contributed by atoms with Gasteiger partial charge in [0.1, 0.15) is 5.82 Å². The second-order valence-corrected chi connectivity index (χ2v) is 6.01. The molecule has 0 bridgehead atoms. The van der Waals surface area contributed by atoms with Crippen LogP contribution in [0.5, 0.6) is 0 Å². The molecule has 106 valence electrons. The minimum absolute atomic E-state index is 0.649. The summed E-state index contributed by atoms with van der Waals surface area (Å²) in [5, 5.41) is 4.43. The first-order chi connectivity index (χ1) is 9.72. The number of aryl methyl sites for hydroxylation is 1. The smallest absolute Gasteiger partial charge is 0.109 e. The zero-order chi connectivity index (χ0) is 13.9. The van der Waals surface area contributed by atoms with Gasteiger partial charge in [-0.05, 0) is 36.5 Å². The number of benzene rings is 1. The van der Waals surface area contributed by atoms with Gasteiger partial charge in [0.25, 0.3) is 0 Å². The molecule has 0 unspecified atom stereocenters. The van der Waals surface area contributed by atoms with Gasteiger partial charge in [-0.15, -0.1) is 0 Å². The Morgan fingerprint density at radius 3 is 2.70 bits per heavy atom. The van der Waals surface area contributed by atoms with Crippen molar-refractivity contribution in [3.05, 3.63) is 53.1 Å². The van der Waals surface area contributed by atoms with E-state index in [4.69, 9.17) is 11.6 Å². The van der Waals surface area contributed by atoms with Crippen molar-refractivity contribution in [1.82, 2.24) is 14.9 Å². The molecule has 1 aliphatic rings. The molecular weight excluding hydrogens is 270 g/mol. The SMILES string of the molecule is Cn1ccnc1CCNC1CC(c2ccc(Cl)cc2)C1. The molecular formula is C16H20ClN3. The van der Waals surface area contributed by atoms with Gasteiger partial charge >= 0.3 is 0 Å². The summed E-state index contributed by atoms with van der Waals surface area (Å²) < 4.78 is 2.08. The predicted molar refractivity (Wildman–Crippen MR) is 82.1 cm³/mol. The van der Waals surface area contributed by atoms with Crippen LogP contribution in [0.4, 0.5) is 0 Å². The molecule has 0 aliphatic heterocycles. The first kappa shape index (κ1) is 13.7. The summed E-state index contributed by atoms with van der Waals surface area (Å²) in [6, 6.07) is 8.92. The molecule has 3 rings (SSSR count). The molecule has 2 aromatic rings. The summed E-state index contributed by atoms with van der Waals surface area (Å²) >= 11 is 5.92. The minimum Gasteiger partial charge on any atom is -0.338 e. The number of imidazole rings is 1. The topological polar surface area (TPSA) is 29.9 Å². The van der Waals surface area contributed by atoms with Crippen molar-refractivity contribution in [2.45, 2.75) is 31.2 Å². The van der Waals surface area contributed by atoms with Crippen LogP contribution in [-0.2, 0) is 13.5 Å². The summed E-state index contributed by atoms with van der Waals surface area (Å²) in [4.78, 5) is 4.34. The lowest BCUT2D eigenvalue weighted by Gasteiger charge is -2.36. The molecule has 3 nitrogen and oxygen atoms in total. The molecule has 0 atom stereocenters. The predicted octanol–water partition coefficient (Wildman–Crippen LogP) is 3.15. The third kappa shape index (κ3) is 3.05. The number of nitrogens with one attached hydrogen (secondary N) is 1. The summed E-state index contributed by atoms with van der Waals surface area (Å²) in [7, 11) is 2.04. The Bertz CT molecular complexity index is 555. The monoisotopic (exact) mass is 289 g/mol. The van der Waals surface area contributed by atoms with E-state index in [9.17, 15) is 0 Å². The fraction of sp³-hybridized carbons (Fsp3) is 0.438. The standard InChI is InChI=1S/C16H20ClN3/c1-20-9-8-19-16(20)6-7-18-15-10-13(11-15)12-2-4-14(17)5-3-12/h2-5,8-9,13,15,18H,6-7,10-11H2,1H3. The van der Waals surface area contributed by atoms with Gasteiger partial charge in [0.2, 0.25) is 0 Å². The van der Waals surface area contributed by atoms with E-state index < -0.39 is 0 Å². The van der Waals surface area contributed by atoms with Crippen molar-refractivity contribution < 1.29 is 0 Å². The second kappa shape index (κ2) is 5.98. The number of hydrogen-bond acceptors (Lipinski definition) is 2. The van der Waals surface area contributed by atoms with Gasteiger partial charge in [-0.2, -0.15) is 0 Å². The molecule has 1 fully saturated rings. The quantitative estimate of drug-likeness (QED) is 0.916. The Morgan fingerprint density at radius 1 is 1.30 bits per heavy atom. The highest BCUT2D eigenvalue weighted by Gasteiger charge is 2.29. The maximum absolute atomic E-state index is 5.92. The first-order valence-corrected chi connectivity index (χ1v) is 7.55. The van der Waals surface area contributed by atoms with Gasteiger partial charge in [0, 0.05) is 43.5 Å². The van der Waals surface area contributed by atoms with E-state index in [2.05, 4.69) is 27.0 Å². The van der Waals surface area contributed by atoms with E-state index in [0.717, 1.165) is 23.8 Å². The van der Waals surface area contributed by atoms with Crippen LogP contribution < -0.4 is 5.32 Å².